The van der Waals surface area contributed by atoms with E-state index in [-0.39, 0.29) is 33.9 Å². The second kappa shape index (κ2) is 22.5. The summed E-state index contributed by atoms with van der Waals surface area (Å²) in [4.78, 5) is 8.69. The van der Waals surface area contributed by atoms with Gasteiger partial charge in [-0.25, -0.2) is 0 Å². The normalized spacial score (nSPS) is 7.00. The first-order valence-corrected chi connectivity index (χ1v) is 3.47. The summed E-state index contributed by atoms with van der Waals surface area (Å²) in [6, 6.07) is 0. The molecule has 2 N–H and O–H groups in total. The Morgan fingerprint density at radius 3 is 1.08 bits per heavy atom. The first-order valence-electron chi connectivity index (χ1n) is 3.47. The van der Waals surface area contributed by atoms with Crippen molar-refractivity contribution in [3.05, 3.63) is 6.92 Å². The van der Waals surface area contributed by atoms with E-state index in [1.165, 1.54) is 0 Å². The predicted octanol–water partition coefficient (Wildman–Crippen LogP) is 0.791. The van der Waals surface area contributed by atoms with Gasteiger partial charge >= 0.3 is 0 Å². The van der Waals surface area contributed by atoms with E-state index in [9.17, 15) is 0 Å². The van der Waals surface area contributed by atoms with Gasteiger partial charge in [-0.1, -0.05) is 0 Å². The third-order valence-corrected chi connectivity index (χ3v) is 0. The zero-order chi connectivity index (χ0) is 9.86. The Hall–Kier alpha value is 0.174. The van der Waals surface area contributed by atoms with Crippen LogP contribution in [0.25, 0.3) is 0 Å². The number of hydrogen-bond donors (Lipinski definition) is 2. The van der Waals surface area contributed by atoms with Gasteiger partial charge in [-0.05, 0) is 34.0 Å². The van der Waals surface area contributed by atoms with Crippen molar-refractivity contribution in [2.24, 2.45) is 0 Å². The van der Waals surface area contributed by atoms with Crippen LogP contribution in [0.15, 0.2) is 0 Å². The van der Waals surface area contributed by atoms with Crippen LogP contribution in [0, 0.1) is 6.92 Å². The fourth-order valence-electron chi connectivity index (χ4n) is 0. The number of aliphatic hydroxyl groups excluding tert-OH is 2. The molecule has 12 heavy (non-hydrogen) atoms. The maximum Gasteiger partial charge on any atom is 0.0483 e. The van der Waals surface area contributed by atoms with Gasteiger partial charge in [0.1, 0.15) is 0 Å². The second-order valence-electron chi connectivity index (χ2n) is 2.35. The first kappa shape index (κ1) is 22.8. The Morgan fingerprint density at radius 2 is 1.08 bits per heavy atom. The van der Waals surface area contributed by atoms with Crippen LogP contribution >= 0.6 is 0 Å². The maximum absolute atomic E-state index is 8.69. The minimum absolute atomic E-state index is 0. The van der Waals surface area contributed by atoms with Crippen molar-refractivity contribution in [1.29, 1.82) is 0 Å². The molecule has 0 aliphatic carbocycles. The van der Waals surface area contributed by atoms with Gasteiger partial charge < -0.3 is 21.9 Å². The number of carbonyl (C=O) groups is 1. The van der Waals surface area contributed by atoms with E-state index in [0.29, 0.717) is 6.29 Å². The zero-order valence-electron chi connectivity index (χ0n) is 8.24. The number of aldehydes is 1. The van der Waals surface area contributed by atoms with Crippen LogP contribution in [0.5, 0.6) is 0 Å². The van der Waals surface area contributed by atoms with Crippen LogP contribution in [-0.2, 0) is 26.5 Å². The van der Waals surface area contributed by atoms with Crippen molar-refractivity contribution in [3.63, 3.8) is 0 Å². The van der Waals surface area contributed by atoms with Crippen molar-refractivity contribution >= 4 is 6.29 Å². The van der Waals surface area contributed by atoms with Gasteiger partial charge in [-0.3, -0.25) is 0 Å². The molecule has 0 aromatic carbocycles. The average Bonchev–Trinajstić information content (AvgIpc) is 1.60. The molecule has 0 spiro atoms. The molecular formula is C8H19O3Ti-. The number of carbonyl (C=O) groups excluding carboxylic acids is 1. The summed E-state index contributed by atoms with van der Waals surface area (Å²) < 4.78 is 0. The molecule has 0 aliphatic heterocycles. The summed E-state index contributed by atoms with van der Waals surface area (Å²) in [6.07, 6.45) is 0.167. The molecule has 0 aromatic heterocycles. The summed E-state index contributed by atoms with van der Waals surface area (Å²) in [5.74, 6) is 0. The second-order valence-corrected chi connectivity index (χ2v) is 2.35. The van der Waals surface area contributed by atoms with Crippen molar-refractivity contribution in [3.8, 4) is 0 Å². The van der Waals surface area contributed by atoms with E-state index in [4.69, 9.17) is 15.0 Å². The molecule has 74 valence electrons. The Bertz CT molecular complexity index is 53.8. The van der Waals surface area contributed by atoms with Crippen molar-refractivity contribution in [1.82, 2.24) is 0 Å². The Labute approximate surface area is 90.1 Å². The molecule has 0 saturated heterocycles. The number of rotatable bonds is 0. The monoisotopic (exact) mass is 211 g/mol. The van der Waals surface area contributed by atoms with Gasteiger partial charge in [0.05, 0.1) is 0 Å². The molecule has 4 heteroatoms. The van der Waals surface area contributed by atoms with Crippen molar-refractivity contribution in [2.45, 2.75) is 39.9 Å². The molecule has 0 rings (SSSR count). The molecule has 0 radical (unpaired) electrons. The van der Waals surface area contributed by atoms with Crippen molar-refractivity contribution in [2.75, 3.05) is 0 Å². The van der Waals surface area contributed by atoms with E-state index in [2.05, 4.69) is 6.92 Å². The molecule has 3 nitrogen and oxygen atoms in total. The molecule has 0 bridgehead atoms. The molecule has 0 heterocycles. The number of hydrogen-bond acceptors (Lipinski definition) is 3. The van der Waals surface area contributed by atoms with Crippen LogP contribution in [0.2, 0.25) is 0 Å². The third kappa shape index (κ3) is 28200. The Kier molecular flexibility index (Phi) is 42.6. The van der Waals surface area contributed by atoms with Crippen LogP contribution in [0.1, 0.15) is 27.7 Å². The topological polar surface area (TPSA) is 57.5 Å². The van der Waals surface area contributed by atoms with Gasteiger partial charge in [-0.15, -0.1) is 0 Å². The molecule has 0 atom stereocenters. The number of aliphatic hydroxyl groups is 2. The van der Waals surface area contributed by atoms with Crippen LogP contribution in [-0.4, -0.2) is 28.7 Å². The zero-order valence-corrected chi connectivity index (χ0v) is 9.80. The predicted molar refractivity (Wildman–Crippen MR) is 46.1 cm³/mol. The van der Waals surface area contributed by atoms with E-state index >= 15 is 0 Å². The van der Waals surface area contributed by atoms with Crippen LogP contribution in [0.3, 0.4) is 0 Å². The van der Waals surface area contributed by atoms with Gasteiger partial charge in [0.2, 0.25) is 0 Å². The summed E-state index contributed by atoms with van der Waals surface area (Å²) >= 11 is 0. The smallest absolute Gasteiger partial charge is 0.0483 e. The molecule has 0 aliphatic rings. The minimum atomic E-state index is -0.167. The van der Waals surface area contributed by atoms with E-state index in [1.54, 1.807) is 27.7 Å². The third-order valence-electron chi connectivity index (χ3n) is 0. The molecule has 0 aromatic rings. The molecule has 0 unspecified atom stereocenters. The average molecular weight is 211 g/mol. The van der Waals surface area contributed by atoms with E-state index < -0.39 is 0 Å². The summed E-state index contributed by atoms with van der Waals surface area (Å²) in [6.45, 7) is 9.69. The molecule has 0 amide bonds. The van der Waals surface area contributed by atoms with Crippen LogP contribution in [0.4, 0.5) is 0 Å². The van der Waals surface area contributed by atoms with Gasteiger partial charge in [0, 0.05) is 33.9 Å². The standard InChI is InChI=1S/2C3H8O.C2H3O.Ti/c2*1-3(2)4;1-2-3;/h2*3-4H,1-2H3;2H,1H2;/q;;-1;. The van der Waals surface area contributed by atoms with Crippen molar-refractivity contribution < 1.29 is 36.7 Å². The van der Waals surface area contributed by atoms with Gasteiger partial charge in [0.15, 0.2) is 0 Å². The summed E-state index contributed by atoms with van der Waals surface area (Å²) in [7, 11) is 0. The molecule has 0 fully saturated rings. The SMILES string of the molecule is CC(C)O.CC(C)O.[CH2-]C=O.[Ti]. The van der Waals surface area contributed by atoms with E-state index in [1.807, 2.05) is 0 Å². The van der Waals surface area contributed by atoms with E-state index in [0.717, 1.165) is 0 Å². The Morgan fingerprint density at radius 1 is 1.08 bits per heavy atom. The summed E-state index contributed by atoms with van der Waals surface area (Å²) in [5, 5.41) is 16.1. The quantitative estimate of drug-likeness (QED) is 0.354. The first-order chi connectivity index (χ1) is 4.88. The fourth-order valence-corrected chi connectivity index (χ4v) is 0. The van der Waals surface area contributed by atoms with Gasteiger partial charge in [0.25, 0.3) is 0 Å². The molecule has 0 saturated carbocycles. The fraction of sp³-hybridized carbons (Fsp3) is 0.750. The largest absolute Gasteiger partial charge is 0.394 e. The van der Waals surface area contributed by atoms with Gasteiger partial charge in [-0.2, -0.15) is 0 Å². The van der Waals surface area contributed by atoms with Crippen LogP contribution < -0.4 is 0 Å². The summed E-state index contributed by atoms with van der Waals surface area (Å²) in [5.41, 5.74) is 0. The Balaban J connectivity index is -0.0000000389. The minimum Gasteiger partial charge on any atom is -0.394 e. The maximum atomic E-state index is 8.69. The molecular weight excluding hydrogens is 192 g/mol.